The van der Waals surface area contributed by atoms with Crippen molar-refractivity contribution in [3.63, 3.8) is 0 Å². The SMILES string of the molecule is CCCCCCCCCCCOC=CC(=O)O. The van der Waals surface area contributed by atoms with Gasteiger partial charge in [-0.3, -0.25) is 0 Å². The summed E-state index contributed by atoms with van der Waals surface area (Å²) in [5.41, 5.74) is 0. The molecule has 0 aliphatic rings. The van der Waals surface area contributed by atoms with Crippen LogP contribution in [0.25, 0.3) is 0 Å². The molecule has 3 nitrogen and oxygen atoms in total. The van der Waals surface area contributed by atoms with Crippen molar-refractivity contribution >= 4 is 5.97 Å². The standard InChI is InChI=1S/C14H26O3/c1-2-3-4-5-6-7-8-9-10-12-17-13-11-14(15)16/h11,13H,2-10,12H2,1H3,(H,15,16). The van der Waals surface area contributed by atoms with Crippen molar-refractivity contribution in [1.29, 1.82) is 0 Å². The molecule has 0 unspecified atom stereocenters. The van der Waals surface area contributed by atoms with Crippen LogP contribution < -0.4 is 0 Å². The van der Waals surface area contributed by atoms with Gasteiger partial charge < -0.3 is 9.84 Å². The van der Waals surface area contributed by atoms with Crippen LogP contribution in [0.5, 0.6) is 0 Å². The Hall–Kier alpha value is -0.990. The minimum atomic E-state index is -0.961. The van der Waals surface area contributed by atoms with Crippen LogP contribution in [0.15, 0.2) is 12.3 Å². The van der Waals surface area contributed by atoms with Crippen molar-refractivity contribution in [3.8, 4) is 0 Å². The number of carboxylic acid groups (broad SMARTS) is 1. The first kappa shape index (κ1) is 16.0. The zero-order valence-electron chi connectivity index (χ0n) is 11.0. The van der Waals surface area contributed by atoms with Crippen molar-refractivity contribution in [3.05, 3.63) is 12.3 Å². The van der Waals surface area contributed by atoms with Gasteiger partial charge in [-0.1, -0.05) is 58.3 Å². The summed E-state index contributed by atoms with van der Waals surface area (Å²) in [4.78, 5) is 10.1. The first-order valence-electron chi connectivity index (χ1n) is 6.78. The van der Waals surface area contributed by atoms with Crippen LogP contribution in [0.4, 0.5) is 0 Å². The van der Waals surface area contributed by atoms with Gasteiger partial charge in [0.2, 0.25) is 0 Å². The molecule has 0 aromatic rings. The topological polar surface area (TPSA) is 46.5 Å². The molecule has 100 valence electrons. The van der Waals surface area contributed by atoms with Gasteiger partial charge in [0, 0.05) is 0 Å². The summed E-state index contributed by atoms with van der Waals surface area (Å²) < 4.78 is 5.04. The Morgan fingerprint density at radius 1 is 1.00 bits per heavy atom. The Kier molecular flexibility index (Phi) is 12.3. The Bertz CT molecular complexity index is 200. The minimum Gasteiger partial charge on any atom is -0.501 e. The first-order chi connectivity index (χ1) is 8.27. The van der Waals surface area contributed by atoms with E-state index < -0.39 is 5.97 Å². The number of unbranched alkanes of at least 4 members (excludes halogenated alkanes) is 8. The largest absolute Gasteiger partial charge is 0.501 e. The number of hydrogen-bond acceptors (Lipinski definition) is 2. The fourth-order valence-corrected chi connectivity index (χ4v) is 1.67. The quantitative estimate of drug-likeness (QED) is 0.318. The molecule has 3 heteroatoms. The lowest BCUT2D eigenvalue weighted by Crippen LogP contribution is -1.91. The first-order valence-corrected chi connectivity index (χ1v) is 6.78. The average Bonchev–Trinajstić information content (AvgIpc) is 2.30. The van der Waals surface area contributed by atoms with E-state index in [1.165, 1.54) is 57.6 Å². The molecule has 0 bridgehead atoms. The van der Waals surface area contributed by atoms with Crippen LogP contribution in [0.2, 0.25) is 0 Å². The minimum absolute atomic E-state index is 0.625. The van der Waals surface area contributed by atoms with Gasteiger partial charge in [-0.25, -0.2) is 4.79 Å². The number of carboxylic acids is 1. The fraction of sp³-hybridized carbons (Fsp3) is 0.786. The summed E-state index contributed by atoms with van der Waals surface area (Å²) in [5.74, 6) is -0.961. The lowest BCUT2D eigenvalue weighted by molar-refractivity contribution is -0.131. The molecule has 17 heavy (non-hydrogen) atoms. The highest BCUT2D eigenvalue weighted by Gasteiger charge is 1.92. The maximum atomic E-state index is 10.1. The number of hydrogen-bond donors (Lipinski definition) is 1. The molecule has 0 heterocycles. The molecule has 0 spiro atoms. The van der Waals surface area contributed by atoms with Gasteiger partial charge in [0.15, 0.2) is 0 Å². The third-order valence-electron chi connectivity index (χ3n) is 2.67. The molecule has 1 N–H and O–H groups in total. The molecule has 0 aliphatic heterocycles. The molecule has 0 saturated carbocycles. The second-order valence-corrected chi connectivity index (χ2v) is 4.34. The fourth-order valence-electron chi connectivity index (χ4n) is 1.67. The summed E-state index contributed by atoms with van der Waals surface area (Å²) in [6.45, 7) is 2.86. The Morgan fingerprint density at radius 2 is 1.53 bits per heavy atom. The highest BCUT2D eigenvalue weighted by molar-refractivity contribution is 5.79. The average molecular weight is 242 g/mol. The number of carbonyl (C=O) groups is 1. The van der Waals surface area contributed by atoms with Crippen molar-refractivity contribution in [2.45, 2.75) is 64.7 Å². The highest BCUT2D eigenvalue weighted by Crippen LogP contribution is 2.09. The Balaban J connectivity index is 3.01. The second kappa shape index (κ2) is 13.1. The number of aliphatic carboxylic acids is 1. The molecule has 0 rings (SSSR count). The van der Waals surface area contributed by atoms with E-state index in [0.717, 1.165) is 12.5 Å². The molecule has 0 atom stereocenters. The van der Waals surface area contributed by atoms with E-state index >= 15 is 0 Å². The van der Waals surface area contributed by atoms with E-state index in [2.05, 4.69) is 6.92 Å². The predicted octanol–water partition coefficient (Wildman–Crippen LogP) is 4.13. The molecule has 0 aromatic carbocycles. The van der Waals surface area contributed by atoms with Crippen LogP contribution in [0.3, 0.4) is 0 Å². The maximum Gasteiger partial charge on any atom is 0.331 e. The highest BCUT2D eigenvalue weighted by atomic mass is 16.5. The summed E-state index contributed by atoms with van der Waals surface area (Å²) in [5, 5.41) is 8.31. The third kappa shape index (κ3) is 15.0. The van der Waals surface area contributed by atoms with Gasteiger partial charge in [-0.05, 0) is 6.42 Å². The van der Waals surface area contributed by atoms with E-state index in [0.29, 0.717) is 6.61 Å². The van der Waals surface area contributed by atoms with Gasteiger partial charge in [-0.2, -0.15) is 0 Å². The summed E-state index contributed by atoms with van der Waals surface area (Å²) >= 11 is 0. The summed E-state index contributed by atoms with van der Waals surface area (Å²) in [6.07, 6.45) is 13.8. The number of rotatable bonds is 12. The zero-order chi connectivity index (χ0) is 12.8. The molecule has 0 fully saturated rings. The van der Waals surface area contributed by atoms with Gasteiger partial charge in [0.25, 0.3) is 0 Å². The van der Waals surface area contributed by atoms with Gasteiger partial charge in [0.1, 0.15) is 0 Å². The van der Waals surface area contributed by atoms with Crippen molar-refractivity contribution in [2.75, 3.05) is 6.61 Å². The molecule has 0 aliphatic carbocycles. The molecule has 0 aromatic heterocycles. The molecular formula is C14H26O3. The van der Waals surface area contributed by atoms with Gasteiger partial charge in [-0.15, -0.1) is 0 Å². The predicted molar refractivity (Wildman–Crippen MR) is 70.0 cm³/mol. The molecule has 0 saturated heterocycles. The van der Waals surface area contributed by atoms with Crippen molar-refractivity contribution < 1.29 is 14.6 Å². The molecular weight excluding hydrogens is 216 g/mol. The summed E-state index contributed by atoms with van der Waals surface area (Å²) in [6, 6.07) is 0. The smallest absolute Gasteiger partial charge is 0.331 e. The van der Waals surface area contributed by atoms with E-state index in [1.807, 2.05) is 0 Å². The van der Waals surface area contributed by atoms with Gasteiger partial charge >= 0.3 is 5.97 Å². The van der Waals surface area contributed by atoms with Crippen LogP contribution in [-0.2, 0) is 9.53 Å². The lowest BCUT2D eigenvalue weighted by Gasteiger charge is -2.02. The van der Waals surface area contributed by atoms with E-state index in [1.54, 1.807) is 0 Å². The van der Waals surface area contributed by atoms with Gasteiger partial charge in [0.05, 0.1) is 18.9 Å². The van der Waals surface area contributed by atoms with Crippen LogP contribution in [-0.4, -0.2) is 17.7 Å². The third-order valence-corrected chi connectivity index (χ3v) is 2.67. The lowest BCUT2D eigenvalue weighted by atomic mass is 10.1. The zero-order valence-corrected chi connectivity index (χ0v) is 11.0. The Labute approximate surface area is 105 Å². The van der Waals surface area contributed by atoms with Crippen molar-refractivity contribution in [2.24, 2.45) is 0 Å². The number of ether oxygens (including phenoxy) is 1. The maximum absolute atomic E-state index is 10.1. The van der Waals surface area contributed by atoms with Crippen LogP contribution in [0, 0.1) is 0 Å². The van der Waals surface area contributed by atoms with Crippen LogP contribution >= 0.6 is 0 Å². The second-order valence-electron chi connectivity index (χ2n) is 4.34. The van der Waals surface area contributed by atoms with E-state index in [4.69, 9.17) is 9.84 Å². The Morgan fingerprint density at radius 3 is 2.06 bits per heavy atom. The molecule has 0 amide bonds. The van der Waals surface area contributed by atoms with E-state index in [9.17, 15) is 4.79 Å². The monoisotopic (exact) mass is 242 g/mol. The van der Waals surface area contributed by atoms with Crippen molar-refractivity contribution in [1.82, 2.24) is 0 Å². The summed E-state index contributed by atoms with van der Waals surface area (Å²) in [7, 11) is 0. The normalized spacial score (nSPS) is 10.9. The van der Waals surface area contributed by atoms with E-state index in [-0.39, 0.29) is 0 Å². The van der Waals surface area contributed by atoms with Crippen LogP contribution in [0.1, 0.15) is 64.7 Å². The molecule has 0 radical (unpaired) electrons.